The maximum atomic E-state index is 12.6. The van der Waals surface area contributed by atoms with Crippen molar-refractivity contribution in [1.82, 2.24) is 4.90 Å². The molecule has 1 aromatic rings. The number of piperidine rings is 1. The number of para-hydroxylation sites is 1. The minimum Gasteiger partial charge on any atom is -0.384 e. The average Bonchev–Trinajstić information content (AvgIpc) is 2.91. The summed E-state index contributed by atoms with van der Waals surface area (Å²) >= 11 is 0. The average molecular weight is 288 g/mol. The van der Waals surface area contributed by atoms with E-state index in [9.17, 15) is 4.79 Å². The molecule has 2 unspecified atom stereocenters. The highest BCUT2D eigenvalue weighted by atomic mass is 16.5. The van der Waals surface area contributed by atoms with Gasteiger partial charge in [0, 0.05) is 44.8 Å². The van der Waals surface area contributed by atoms with Gasteiger partial charge in [-0.15, -0.1) is 0 Å². The summed E-state index contributed by atoms with van der Waals surface area (Å²) in [5, 5.41) is 3.39. The molecule has 2 aliphatic heterocycles. The fraction of sp³-hybridized carbons (Fsp3) is 0.588. The number of carbonyl (C=O) groups is 1. The van der Waals surface area contributed by atoms with E-state index in [1.165, 1.54) is 11.3 Å². The second-order valence-corrected chi connectivity index (χ2v) is 6.44. The molecule has 1 amide bonds. The van der Waals surface area contributed by atoms with Crippen LogP contribution >= 0.6 is 0 Å². The van der Waals surface area contributed by atoms with Crippen LogP contribution in [0.1, 0.15) is 37.7 Å². The zero-order valence-corrected chi connectivity index (χ0v) is 12.9. The molecule has 114 valence electrons. The van der Waals surface area contributed by atoms with Crippen LogP contribution < -0.4 is 5.32 Å². The van der Waals surface area contributed by atoms with Crippen molar-refractivity contribution >= 4 is 11.6 Å². The predicted octanol–water partition coefficient (Wildman–Crippen LogP) is 2.61. The number of nitrogens with zero attached hydrogens (tertiary/aromatic N) is 1. The fourth-order valence-electron chi connectivity index (χ4n) is 3.46. The van der Waals surface area contributed by atoms with Crippen molar-refractivity contribution in [3.05, 3.63) is 29.8 Å². The number of benzene rings is 1. The molecule has 1 fully saturated rings. The van der Waals surface area contributed by atoms with Gasteiger partial charge in [0.2, 0.25) is 5.91 Å². The Kier molecular flexibility index (Phi) is 3.89. The van der Waals surface area contributed by atoms with Crippen LogP contribution in [0.4, 0.5) is 5.69 Å². The maximum absolute atomic E-state index is 12.6. The van der Waals surface area contributed by atoms with Gasteiger partial charge in [-0.05, 0) is 31.4 Å². The first-order chi connectivity index (χ1) is 10.1. The van der Waals surface area contributed by atoms with E-state index in [0.29, 0.717) is 18.9 Å². The van der Waals surface area contributed by atoms with Crippen molar-refractivity contribution in [2.75, 3.05) is 32.1 Å². The zero-order valence-electron chi connectivity index (χ0n) is 12.9. The van der Waals surface area contributed by atoms with Gasteiger partial charge in [0.15, 0.2) is 0 Å². The zero-order chi connectivity index (χ0) is 14.9. The molecule has 2 heterocycles. The molecule has 0 spiro atoms. The molecule has 4 heteroatoms. The number of methoxy groups -OCH3 is 1. The first-order valence-electron chi connectivity index (χ1n) is 7.77. The van der Waals surface area contributed by atoms with E-state index < -0.39 is 0 Å². The molecule has 3 rings (SSSR count). The number of hydrogen-bond acceptors (Lipinski definition) is 3. The highest BCUT2D eigenvalue weighted by Gasteiger charge is 2.34. The number of nitrogens with one attached hydrogen (secondary N) is 1. The largest absolute Gasteiger partial charge is 0.384 e. The van der Waals surface area contributed by atoms with E-state index in [1.807, 2.05) is 17.0 Å². The van der Waals surface area contributed by atoms with Crippen LogP contribution in [0.2, 0.25) is 0 Å². The molecule has 1 N–H and O–H groups in total. The molecule has 1 saturated heterocycles. The smallest absolute Gasteiger partial charge is 0.223 e. The number of rotatable bonds is 3. The standard InChI is InChI=1S/C17H24N2O2/c1-17(21-2)8-5-9-19(12-17)16(20)10-13-11-18-15-7-4-3-6-14(13)15/h3-4,6-7,13,18H,5,8-12H2,1-2H3. The van der Waals surface area contributed by atoms with Crippen LogP contribution in [0.25, 0.3) is 0 Å². The normalized spacial score (nSPS) is 28.1. The molecule has 21 heavy (non-hydrogen) atoms. The lowest BCUT2D eigenvalue weighted by atomic mass is 9.93. The maximum Gasteiger partial charge on any atom is 0.223 e. The molecule has 4 nitrogen and oxygen atoms in total. The van der Waals surface area contributed by atoms with Crippen molar-refractivity contribution in [1.29, 1.82) is 0 Å². The Hall–Kier alpha value is -1.55. The number of ether oxygens (including phenoxy) is 1. The van der Waals surface area contributed by atoms with Crippen LogP contribution in [-0.4, -0.2) is 43.2 Å². The molecule has 0 saturated carbocycles. The molecular formula is C17H24N2O2. The van der Waals surface area contributed by atoms with Crippen molar-refractivity contribution in [3.63, 3.8) is 0 Å². The lowest BCUT2D eigenvalue weighted by molar-refractivity contribution is -0.139. The second kappa shape index (κ2) is 5.68. The Morgan fingerprint density at radius 3 is 3.10 bits per heavy atom. The third-order valence-electron chi connectivity index (χ3n) is 4.87. The third kappa shape index (κ3) is 2.91. The number of fused-ring (bicyclic) bond motifs is 1. The Balaban J connectivity index is 1.65. The van der Waals surface area contributed by atoms with Gasteiger partial charge >= 0.3 is 0 Å². The Morgan fingerprint density at radius 2 is 2.29 bits per heavy atom. The van der Waals surface area contributed by atoms with E-state index in [2.05, 4.69) is 24.4 Å². The minimum atomic E-state index is -0.181. The van der Waals surface area contributed by atoms with Crippen LogP contribution in [0.5, 0.6) is 0 Å². The SMILES string of the molecule is COC1(C)CCCN(C(=O)CC2CNc3ccccc32)C1. The van der Waals surface area contributed by atoms with E-state index >= 15 is 0 Å². The number of anilines is 1. The Labute approximate surface area is 126 Å². The number of amides is 1. The van der Waals surface area contributed by atoms with E-state index in [0.717, 1.165) is 25.9 Å². The van der Waals surface area contributed by atoms with Crippen molar-refractivity contribution in [2.45, 2.75) is 37.7 Å². The lowest BCUT2D eigenvalue weighted by Crippen LogP contribution is -2.49. The van der Waals surface area contributed by atoms with Crippen molar-refractivity contribution in [3.8, 4) is 0 Å². The topological polar surface area (TPSA) is 41.6 Å². The summed E-state index contributed by atoms with van der Waals surface area (Å²) in [5.41, 5.74) is 2.27. The molecule has 0 aliphatic carbocycles. The lowest BCUT2D eigenvalue weighted by Gasteiger charge is -2.39. The van der Waals surface area contributed by atoms with Gasteiger partial charge in [0.1, 0.15) is 0 Å². The molecule has 0 radical (unpaired) electrons. The van der Waals surface area contributed by atoms with Crippen LogP contribution in [0, 0.1) is 0 Å². The summed E-state index contributed by atoms with van der Waals surface area (Å²) in [7, 11) is 1.74. The van der Waals surface area contributed by atoms with Crippen LogP contribution in [0.3, 0.4) is 0 Å². The highest BCUT2D eigenvalue weighted by Crippen LogP contribution is 2.34. The first kappa shape index (κ1) is 14.4. The van der Waals surface area contributed by atoms with E-state index in [1.54, 1.807) is 7.11 Å². The van der Waals surface area contributed by atoms with Crippen LogP contribution in [0.15, 0.2) is 24.3 Å². The van der Waals surface area contributed by atoms with Gasteiger partial charge in [-0.1, -0.05) is 18.2 Å². The van der Waals surface area contributed by atoms with E-state index in [-0.39, 0.29) is 11.5 Å². The molecule has 2 atom stereocenters. The molecule has 1 aromatic carbocycles. The number of likely N-dealkylation sites (tertiary alicyclic amines) is 1. The number of carbonyl (C=O) groups excluding carboxylic acids is 1. The summed E-state index contributed by atoms with van der Waals surface area (Å²) < 4.78 is 5.58. The van der Waals surface area contributed by atoms with E-state index in [4.69, 9.17) is 4.74 Å². The summed E-state index contributed by atoms with van der Waals surface area (Å²) in [6.07, 6.45) is 2.64. The Bertz CT molecular complexity index is 531. The minimum absolute atomic E-state index is 0.181. The Morgan fingerprint density at radius 1 is 1.48 bits per heavy atom. The van der Waals surface area contributed by atoms with Gasteiger partial charge in [0.05, 0.1) is 5.60 Å². The number of hydrogen-bond donors (Lipinski definition) is 1. The van der Waals surface area contributed by atoms with Crippen molar-refractivity contribution < 1.29 is 9.53 Å². The molecule has 0 aromatic heterocycles. The fourth-order valence-corrected chi connectivity index (χ4v) is 3.46. The van der Waals surface area contributed by atoms with Gasteiger partial charge < -0.3 is 15.0 Å². The van der Waals surface area contributed by atoms with Gasteiger partial charge in [-0.3, -0.25) is 4.79 Å². The van der Waals surface area contributed by atoms with Crippen molar-refractivity contribution in [2.24, 2.45) is 0 Å². The summed E-state index contributed by atoms with van der Waals surface area (Å²) in [4.78, 5) is 14.6. The third-order valence-corrected chi connectivity index (χ3v) is 4.87. The molecule has 2 aliphatic rings. The summed E-state index contributed by atoms with van der Waals surface area (Å²) in [6, 6.07) is 8.29. The first-order valence-corrected chi connectivity index (χ1v) is 7.77. The summed E-state index contributed by atoms with van der Waals surface area (Å²) in [5.74, 6) is 0.547. The summed E-state index contributed by atoms with van der Waals surface area (Å²) in [6.45, 7) is 4.53. The molecular weight excluding hydrogens is 264 g/mol. The van der Waals surface area contributed by atoms with Crippen LogP contribution in [-0.2, 0) is 9.53 Å². The quantitative estimate of drug-likeness (QED) is 0.929. The van der Waals surface area contributed by atoms with Gasteiger partial charge in [-0.25, -0.2) is 0 Å². The molecule has 0 bridgehead atoms. The second-order valence-electron chi connectivity index (χ2n) is 6.44. The van der Waals surface area contributed by atoms with Gasteiger partial charge in [0.25, 0.3) is 0 Å². The van der Waals surface area contributed by atoms with Gasteiger partial charge in [-0.2, -0.15) is 0 Å². The monoisotopic (exact) mass is 288 g/mol. The predicted molar refractivity (Wildman–Crippen MR) is 83.5 cm³/mol. The highest BCUT2D eigenvalue weighted by molar-refractivity contribution is 5.78.